The lowest BCUT2D eigenvalue weighted by atomic mass is 10.1. The second-order valence-corrected chi connectivity index (χ2v) is 4.56. The summed E-state index contributed by atoms with van der Waals surface area (Å²) in [4.78, 5) is 11.3. The van der Waals surface area contributed by atoms with E-state index in [1.807, 2.05) is 29.6 Å². The average molecular weight is 247 g/mol. The average Bonchev–Trinajstić information content (AvgIpc) is 2.86. The molecule has 0 fully saturated rings. The van der Waals surface area contributed by atoms with Gasteiger partial charge in [-0.15, -0.1) is 11.3 Å². The van der Waals surface area contributed by atoms with Gasteiger partial charge >= 0.3 is 0 Å². The zero-order valence-electron chi connectivity index (χ0n) is 9.21. The summed E-state index contributed by atoms with van der Waals surface area (Å²) in [6, 6.07) is 11.9. The third-order valence-electron chi connectivity index (χ3n) is 2.45. The quantitative estimate of drug-likeness (QED) is 0.826. The molecule has 0 aliphatic rings. The van der Waals surface area contributed by atoms with Crippen molar-refractivity contribution in [1.29, 1.82) is 0 Å². The third kappa shape index (κ3) is 2.93. The van der Waals surface area contributed by atoms with Gasteiger partial charge in [-0.25, -0.2) is 0 Å². The number of hydrogen-bond acceptors (Lipinski definition) is 4. The fourth-order valence-electron chi connectivity index (χ4n) is 1.54. The van der Waals surface area contributed by atoms with Crippen molar-refractivity contribution in [3.8, 4) is 10.4 Å². The molecule has 0 saturated carbocycles. The van der Waals surface area contributed by atoms with Crippen molar-refractivity contribution in [2.75, 3.05) is 6.61 Å². The minimum absolute atomic E-state index is 0.217. The second kappa shape index (κ2) is 5.61. The maximum atomic E-state index is 10.1. The van der Waals surface area contributed by atoms with Gasteiger partial charge in [-0.3, -0.25) is 4.79 Å². The number of hydrogen-bond donors (Lipinski definition) is 1. The van der Waals surface area contributed by atoms with Crippen molar-refractivity contribution < 1.29 is 9.53 Å². The van der Waals surface area contributed by atoms with E-state index in [0.29, 0.717) is 6.47 Å². The van der Waals surface area contributed by atoms with Crippen LogP contribution in [0.1, 0.15) is 11.6 Å². The summed E-state index contributed by atoms with van der Waals surface area (Å²) < 4.78 is 4.66. The lowest BCUT2D eigenvalue weighted by Gasteiger charge is -2.07. The molecule has 2 aromatic rings. The Bertz CT molecular complexity index is 481. The largest absolute Gasteiger partial charge is 0.466 e. The molecule has 0 bridgehead atoms. The van der Waals surface area contributed by atoms with Gasteiger partial charge in [-0.1, -0.05) is 30.3 Å². The minimum atomic E-state index is -0.256. The highest BCUT2D eigenvalue weighted by molar-refractivity contribution is 7.13. The lowest BCUT2D eigenvalue weighted by molar-refractivity contribution is -0.129. The van der Waals surface area contributed by atoms with Gasteiger partial charge in [0.1, 0.15) is 6.61 Å². The van der Waals surface area contributed by atoms with Gasteiger partial charge in [-0.05, 0) is 22.6 Å². The maximum Gasteiger partial charge on any atom is 0.293 e. The zero-order chi connectivity index (χ0) is 12.1. The summed E-state index contributed by atoms with van der Waals surface area (Å²) in [5, 5.41) is 2.00. The molecule has 0 saturated heterocycles. The van der Waals surface area contributed by atoms with Crippen molar-refractivity contribution >= 4 is 17.8 Å². The molecular formula is C13H13NO2S. The molecule has 4 heteroatoms. The zero-order valence-corrected chi connectivity index (χ0v) is 10.0. The van der Waals surface area contributed by atoms with Crippen molar-refractivity contribution in [3.05, 3.63) is 47.3 Å². The predicted octanol–water partition coefficient (Wildman–Crippen LogP) is 2.59. The molecule has 1 atom stereocenters. The Labute approximate surface area is 104 Å². The van der Waals surface area contributed by atoms with Crippen LogP contribution >= 0.6 is 11.3 Å². The Morgan fingerprint density at radius 3 is 2.82 bits per heavy atom. The van der Waals surface area contributed by atoms with Crippen LogP contribution in [0.2, 0.25) is 0 Å². The van der Waals surface area contributed by atoms with Crippen LogP contribution in [0.5, 0.6) is 0 Å². The second-order valence-electron chi connectivity index (χ2n) is 3.65. The molecule has 1 heterocycles. The molecule has 2 rings (SSSR count). The SMILES string of the molecule is NC(COC=O)c1csc(-c2ccccc2)c1. The van der Waals surface area contributed by atoms with E-state index >= 15 is 0 Å². The number of thiophene rings is 1. The fourth-order valence-corrected chi connectivity index (χ4v) is 2.52. The molecule has 0 aliphatic heterocycles. The Hall–Kier alpha value is -1.65. The van der Waals surface area contributed by atoms with Crippen LogP contribution in [0.15, 0.2) is 41.8 Å². The molecule has 1 aromatic carbocycles. The molecule has 0 amide bonds. The van der Waals surface area contributed by atoms with Gasteiger partial charge in [0.25, 0.3) is 6.47 Å². The number of nitrogens with two attached hydrogens (primary N) is 1. The van der Waals surface area contributed by atoms with Crippen molar-refractivity contribution in [1.82, 2.24) is 0 Å². The molecule has 1 aromatic heterocycles. The highest BCUT2D eigenvalue weighted by Gasteiger charge is 2.09. The van der Waals surface area contributed by atoms with Gasteiger partial charge in [0.15, 0.2) is 0 Å². The van der Waals surface area contributed by atoms with E-state index in [0.717, 1.165) is 5.56 Å². The van der Waals surface area contributed by atoms with E-state index in [4.69, 9.17) is 5.73 Å². The number of rotatable bonds is 5. The van der Waals surface area contributed by atoms with Gasteiger partial charge in [0.05, 0.1) is 6.04 Å². The minimum Gasteiger partial charge on any atom is -0.466 e. The summed E-state index contributed by atoms with van der Waals surface area (Å²) in [5.41, 5.74) is 8.06. The van der Waals surface area contributed by atoms with Gasteiger partial charge in [0.2, 0.25) is 0 Å². The Balaban J connectivity index is 2.13. The van der Waals surface area contributed by atoms with Gasteiger partial charge in [-0.2, -0.15) is 0 Å². The summed E-state index contributed by atoms with van der Waals surface area (Å²) in [6.07, 6.45) is 0. The highest BCUT2D eigenvalue weighted by Crippen LogP contribution is 2.29. The van der Waals surface area contributed by atoms with E-state index < -0.39 is 0 Å². The van der Waals surface area contributed by atoms with Crippen molar-refractivity contribution in [2.45, 2.75) is 6.04 Å². The van der Waals surface area contributed by atoms with Crippen LogP contribution in [0.25, 0.3) is 10.4 Å². The first kappa shape index (κ1) is 11.8. The normalized spacial score (nSPS) is 12.1. The van der Waals surface area contributed by atoms with E-state index in [1.54, 1.807) is 11.3 Å². The molecule has 0 spiro atoms. The van der Waals surface area contributed by atoms with Crippen LogP contribution in [0.3, 0.4) is 0 Å². The van der Waals surface area contributed by atoms with Gasteiger partial charge < -0.3 is 10.5 Å². The Morgan fingerprint density at radius 2 is 2.12 bits per heavy atom. The molecule has 0 aliphatic carbocycles. The smallest absolute Gasteiger partial charge is 0.293 e. The standard InChI is InChI=1S/C13H13NO2S/c14-12(7-16-9-15)11-6-13(17-8-11)10-4-2-1-3-5-10/h1-6,8-9,12H,7,14H2. The lowest BCUT2D eigenvalue weighted by Crippen LogP contribution is -2.15. The van der Waals surface area contributed by atoms with E-state index in [1.165, 1.54) is 10.4 Å². The Morgan fingerprint density at radius 1 is 1.35 bits per heavy atom. The molecule has 1 unspecified atom stereocenters. The molecular weight excluding hydrogens is 234 g/mol. The first-order valence-electron chi connectivity index (χ1n) is 5.26. The van der Waals surface area contributed by atoms with Gasteiger partial charge in [0, 0.05) is 4.88 Å². The molecule has 3 nitrogen and oxygen atoms in total. The number of ether oxygens (including phenoxy) is 1. The molecule has 2 N–H and O–H groups in total. The molecule has 17 heavy (non-hydrogen) atoms. The number of carbonyl (C=O) groups excluding carboxylic acids is 1. The Kier molecular flexibility index (Phi) is 3.90. The first-order chi connectivity index (χ1) is 8.31. The monoisotopic (exact) mass is 247 g/mol. The summed E-state index contributed by atoms with van der Waals surface area (Å²) in [6.45, 7) is 0.638. The maximum absolute atomic E-state index is 10.1. The first-order valence-corrected chi connectivity index (χ1v) is 6.14. The van der Waals surface area contributed by atoms with Crippen LogP contribution in [-0.2, 0) is 9.53 Å². The summed E-state index contributed by atoms with van der Waals surface area (Å²) >= 11 is 1.64. The fraction of sp³-hybridized carbons (Fsp3) is 0.154. The van der Waals surface area contributed by atoms with E-state index in [2.05, 4.69) is 16.9 Å². The predicted molar refractivity (Wildman–Crippen MR) is 68.7 cm³/mol. The van der Waals surface area contributed by atoms with Crippen molar-refractivity contribution in [2.24, 2.45) is 5.73 Å². The van der Waals surface area contributed by atoms with Crippen molar-refractivity contribution in [3.63, 3.8) is 0 Å². The number of benzene rings is 1. The van der Waals surface area contributed by atoms with Crippen LogP contribution in [0.4, 0.5) is 0 Å². The topological polar surface area (TPSA) is 52.3 Å². The summed E-state index contributed by atoms with van der Waals surface area (Å²) in [7, 11) is 0. The number of carbonyl (C=O) groups is 1. The molecule has 0 radical (unpaired) electrons. The molecule has 88 valence electrons. The van der Waals surface area contributed by atoms with E-state index in [-0.39, 0.29) is 12.6 Å². The van der Waals surface area contributed by atoms with Crippen LogP contribution < -0.4 is 5.73 Å². The van der Waals surface area contributed by atoms with E-state index in [9.17, 15) is 4.79 Å². The third-order valence-corrected chi connectivity index (χ3v) is 3.45. The van der Waals surface area contributed by atoms with Crippen LogP contribution in [0, 0.1) is 0 Å². The van der Waals surface area contributed by atoms with Crippen LogP contribution in [-0.4, -0.2) is 13.1 Å². The highest BCUT2D eigenvalue weighted by atomic mass is 32.1. The summed E-state index contributed by atoms with van der Waals surface area (Å²) in [5.74, 6) is 0.